The van der Waals surface area contributed by atoms with Gasteiger partial charge >= 0.3 is 5.82 Å². The Balaban J connectivity index is 1.43. The molecule has 0 spiro atoms. The van der Waals surface area contributed by atoms with E-state index in [-0.39, 0.29) is 0 Å². The molecule has 4 heterocycles. The van der Waals surface area contributed by atoms with E-state index in [1.54, 1.807) is 0 Å². The first-order valence-electron chi connectivity index (χ1n) is 16.6. The van der Waals surface area contributed by atoms with E-state index in [4.69, 9.17) is 9.97 Å². The summed E-state index contributed by atoms with van der Waals surface area (Å²) in [6, 6.07) is 47.5. The molecule has 11 rings (SSSR count). The quantitative estimate of drug-likeness (QED) is 0.180. The highest BCUT2D eigenvalue weighted by molar-refractivity contribution is 7.26. The molecule has 1 aliphatic rings. The zero-order valence-corrected chi connectivity index (χ0v) is 27.4. The maximum absolute atomic E-state index is 5.39. The van der Waals surface area contributed by atoms with Crippen molar-refractivity contribution in [3.63, 3.8) is 0 Å². The van der Waals surface area contributed by atoms with E-state index in [1.165, 1.54) is 58.2 Å². The van der Waals surface area contributed by atoms with Crippen LogP contribution in [0, 0.1) is 6.92 Å². The van der Waals surface area contributed by atoms with Crippen molar-refractivity contribution in [2.24, 2.45) is 0 Å². The Kier molecular flexibility index (Phi) is 5.44. The summed E-state index contributed by atoms with van der Waals surface area (Å²) in [4.78, 5) is 10.7. The van der Waals surface area contributed by atoms with E-state index >= 15 is 0 Å². The summed E-state index contributed by atoms with van der Waals surface area (Å²) >= 11 is 1.88. The van der Waals surface area contributed by atoms with Crippen molar-refractivity contribution in [3.05, 3.63) is 156 Å². The highest BCUT2D eigenvalue weighted by Crippen LogP contribution is 2.46. The maximum Gasteiger partial charge on any atom is 0.355 e. The van der Waals surface area contributed by atoms with Gasteiger partial charge in [0.1, 0.15) is 10.9 Å². The highest BCUT2D eigenvalue weighted by atomic mass is 32.1. The van der Waals surface area contributed by atoms with E-state index < -0.39 is 0 Å². The number of benzene rings is 6. The van der Waals surface area contributed by atoms with Gasteiger partial charge < -0.3 is 4.57 Å². The number of aromatic nitrogens is 3. The van der Waals surface area contributed by atoms with Crippen molar-refractivity contribution in [1.82, 2.24) is 19.1 Å². The molecule has 0 atom stereocenters. The van der Waals surface area contributed by atoms with Gasteiger partial charge in [0.05, 0.1) is 17.4 Å². The van der Waals surface area contributed by atoms with E-state index in [0.29, 0.717) is 0 Å². The van der Waals surface area contributed by atoms with Crippen molar-refractivity contribution in [2.75, 3.05) is 0 Å². The fourth-order valence-electron chi connectivity index (χ4n) is 8.16. The number of aryl methyl sites for hydroxylation is 1. The van der Waals surface area contributed by atoms with Crippen LogP contribution in [0.15, 0.2) is 140 Å². The fraction of sp³-hybridized carbons (Fsp3) is 0.0227. The summed E-state index contributed by atoms with van der Waals surface area (Å²) in [6.07, 6.45) is 4.50. The molecule has 0 fully saturated rings. The van der Waals surface area contributed by atoms with Gasteiger partial charge in [-0.05, 0) is 76.8 Å². The van der Waals surface area contributed by atoms with Crippen LogP contribution in [-0.4, -0.2) is 14.5 Å². The molecule has 0 saturated carbocycles. The van der Waals surface area contributed by atoms with E-state index in [2.05, 4.69) is 138 Å². The van der Waals surface area contributed by atoms with Crippen LogP contribution in [0.3, 0.4) is 0 Å². The van der Waals surface area contributed by atoms with Gasteiger partial charge in [-0.1, -0.05) is 84.9 Å². The molecular weight excluding hydrogens is 617 g/mol. The molecule has 1 aliphatic heterocycles. The van der Waals surface area contributed by atoms with Crippen LogP contribution in [0.4, 0.5) is 5.82 Å². The molecule has 0 N–H and O–H groups in total. The van der Waals surface area contributed by atoms with Crippen molar-refractivity contribution >= 4 is 86.9 Å². The lowest BCUT2D eigenvalue weighted by Gasteiger charge is -2.13. The van der Waals surface area contributed by atoms with Crippen LogP contribution >= 0.6 is 11.3 Å². The van der Waals surface area contributed by atoms with Gasteiger partial charge in [-0.3, -0.25) is 0 Å². The van der Waals surface area contributed by atoms with Gasteiger partial charge in [0.15, 0.2) is 5.69 Å². The summed E-state index contributed by atoms with van der Waals surface area (Å²) in [6.45, 7) is 2.32. The van der Waals surface area contributed by atoms with Gasteiger partial charge in [-0.15, -0.1) is 11.3 Å². The van der Waals surface area contributed by atoms with Crippen molar-refractivity contribution in [3.8, 4) is 16.9 Å². The predicted octanol–water partition coefficient (Wildman–Crippen LogP) is 10.7. The first kappa shape index (κ1) is 26.9. The molecule has 0 unspecified atom stereocenters. The Hall–Kier alpha value is -6.17. The van der Waals surface area contributed by atoms with Gasteiger partial charge in [0, 0.05) is 53.7 Å². The number of para-hydroxylation sites is 3. The zero-order valence-electron chi connectivity index (χ0n) is 26.6. The van der Waals surface area contributed by atoms with Crippen LogP contribution in [0.1, 0.15) is 11.3 Å². The van der Waals surface area contributed by atoms with Gasteiger partial charge in [0.25, 0.3) is 0 Å². The second kappa shape index (κ2) is 9.92. The normalized spacial score (nSPS) is 12.9. The Morgan fingerprint density at radius 1 is 0.571 bits per heavy atom. The van der Waals surface area contributed by atoms with Crippen LogP contribution in [0.5, 0.6) is 0 Å². The number of fused-ring (bicyclic) bond motifs is 2. The standard InChI is InChI=1S/C44H27N4S/c1-26-38-33-22-23-37-42(38)41-30(17-11-21-36(41)49-37)29-16-10-20-34-40(29)39(26)35(48(34)28-14-6-3-7-15-28)24-25-47(33)44-43(27-12-4-2-5-13-27)45-31-18-8-9-19-32(31)46-44/h2-25H,1H3/q+1. The van der Waals surface area contributed by atoms with Crippen LogP contribution in [0.25, 0.3) is 86.7 Å². The third kappa shape index (κ3) is 3.65. The van der Waals surface area contributed by atoms with Crippen molar-refractivity contribution in [1.29, 1.82) is 0 Å². The molecule has 0 saturated heterocycles. The number of thiophene rings is 1. The molecule has 0 aliphatic carbocycles. The first-order chi connectivity index (χ1) is 24.2. The largest absolute Gasteiger partial charge is 0.355 e. The first-order valence-corrected chi connectivity index (χ1v) is 17.4. The summed E-state index contributed by atoms with van der Waals surface area (Å²) < 4.78 is 7.31. The van der Waals surface area contributed by atoms with Gasteiger partial charge in [-0.25, -0.2) is 4.98 Å². The SMILES string of the molecule is Cc1c2c3n(-c4ccccc4)c4cccc(c5cccc6sc7ccc(c1c7c65)=[N+](c1nc5ccccc5nc1-c1ccccc1)C=C3)c24. The second-order valence-electron chi connectivity index (χ2n) is 12.8. The van der Waals surface area contributed by atoms with Crippen LogP contribution < -0.4 is 9.93 Å². The third-order valence-electron chi connectivity index (χ3n) is 10.2. The predicted molar refractivity (Wildman–Crippen MR) is 206 cm³/mol. The lowest BCUT2D eigenvalue weighted by Crippen LogP contribution is -2.24. The minimum Gasteiger partial charge on any atom is -0.309 e. The molecule has 228 valence electrons. The average molecular weight is 644 g/mol. The maximum atomic E-state index is 5.39. The molecule has 5 heteroatoms. The molecule has 49 heavy (non-hydrogen) atoms. The second-order valence-corrected chi connectivity index (χ2v) is 13.9. The summed E-state index contributed by atoms with van der Waals surface area (Å²) in [7, 11) is 0. The number of rotatable bonds is 3. The molecule has 10 aromatic rings. The average Bonchev–Trinajstić information content (AvgIpc) is 3.69. The molecule has 4 nitrogen and oxygen atoms in total. The van der Waals surface area contributed by atoms with Crippen molar-refractivity contribution in [2.45, 2.75) is 6.92 Å². The lowest BCUT2D eigenvalue weighted by molar-refractivity contribution is 0.934. The van der Waals surface area contributed by atoms with Crippen LogP contribution in [-0.2, 0) is 0 Å². The summed E-state index contributed by atoms with van der Waals surface area (Å²) in [5.41, 5.74) is 8.37. The monoisotopic (exact) mass is 643 g/mol. The molecule has 3 aromatic heterocycles. The molecule has 7 aromatic carbocycles. The van der Waals surface area contributed by atoms with E-state index in [9.17, 15) is 0 Å². The smallest absolute Gasteiger partial charge is 0.309 e. The topological polar surface area (TPSA) is 33.7 Å². The molecule has 0 radical (unpaired) electrons. The molecule has 2 bridgehead atoms. The fourth-order valence-corrected chi connectivity index (χ4v) is 9.30. The zero-order chi connectivity index (χ0) is 32.2. The van der Waals surface area contributed by atoms with Crippen molar-refractivity contribution < 1.29 is 0 Å². The Morgan fingerprint density at radius 3 is 2.08 bits per heavy atom. The Bertz CT molecular complexity index is 3100. The van der Waals surface area contributed by atoms with E-state index in [1.807, 2.05) is 35.6 Å². The number of hydrogen-bond donors (Lipinski definition) is 0. The number of hydrogen-bond acceptors (Lipinski definition) is 3. The minimum absolute atomic E-state index is 0.804. The van der Waals surface area contributed by atoms with Gasteiger partial charge in [0.2, 0.25) is 5.52 Å². The van der Waals surface area contributed by atoms with Gasteiger partial charge in [-0.2, -0.15) is 4.58 Å². The Morgan fingerprint density at radius 2 is 1.27 bits per heavy atom. The Labute approximate surface area is 285 Å². The molecule has 0 amide bonds. The summed E-state index contributed by atoms with van der Waals surface area (Å²) in [5.74, 6) is 0.804. The summed E-state index contributed by atoms with van der Waals surface area (Å²) in [5, 5.41) is 10.1. The number of nitrogens with zero attached hydrogens (tertiary/aromatic N) is 4. The molecular formula is C44H27N4S+. The van der Waals surface area contributed by atoms with Crippen LogP contribution in [0.2, 0.25) is 0 Å². The van der Waals surface area contributed by atoms with E-state index in [0.717, 1.165) is 44.8 Å². The minimum atomic E-state index is 0.804. The lowest BCUT2D eigenvalue weighted by atomic mass is 9.93. The highest BCUT2D eigenvalue weighted by Gasteiger charge is 2.28. The third-order valence-corrected chi connectivity index (χ3v) is 11.3.